The summed E-state index contributed by atoms with van der Waals surface area (Å²) in [6.07, 6.45) is 0. The van der Waals surface area contributed by atoms with Gasteiger partial charge >= 0.3 is 0 Å². The lowest BCUT2D eigenvalue weighted by Gasteiger charge is -2.12. The van der Waals surface area contributed by atoms with Crippen LogP contribution in [0.3, 0.4) is 0 Å². The second-order valence-corrected chi connectivity index (χ2v) is 3.45. The number of aryl methyl sites for hydroxylation is 1. The van der Waals surface area contributed by atoms with Crippen LogP contribution in [0.5, 0.6) is 0 Å². The van der Waals surface area contributed by atoms with E-state index >= 15 is 0 Å². The van der Waals surface area contributed by atoms with Crippen molar-refractivity contribution < 1.29 is 9.53 Å². The predicted octanol–water partition coefficient (Wildman–Crippen LogP) is 1.47. The highest BCUT2D eigenvalue weighted by atomic mass is 16.5. The van der Waals surface area contributed by atoms with Crippen LogP contribution in [-0.4, -0.2) is 19.6 Å². The Bertz CT molecular complexity index is 375. The van der Waals surface area contributed by atoms with Gasteiger partial charge in [-0.3, -0.25) is 4.79 Å². The highest BCUT2D eigenvalue weighted by Crippen LogP contribution is 2.25. The summed E-state index contributed by atoms with van der Waals surface area (Å²) in [5, 5.41) is 2.73. The molecule has 0 heterocycles. The van der Waals surface area contributed by atoms with E-state index < -0.39 is 0 Å². The number of rotatable bonds is 3. The first kappa shape index (κ1) is 11.5. The molecule has 1 aromatic carbocycles. The molecule has 0 aliphatic rings. The number of carbonyl (C=O) groups excluding carboxylic acids is 1. The molecule has 0 radical (unpaired) electrons. The second kappa shape index (κ2) is 4.79. The van der Waals surface area contributed by atoms with Gasteiger partial charge in [0.25, 0.3) is 0 Å². The van der Waals surface area contributed by atoms with E-state index in [1.807, 2.05) is 19.9 Å². The van der Waals surface area contributed by atoms with Crippen molar-refractivity contribution in [3.05, 3.63) is 23.3 Å². The summed E-state index contributed by atoms with van der Waals surface area (Å²) in [7, 11) is 1.48. The van der Waals surface area contributed by atoms with Crippen LogP contribution in [0.25, 0.3) is 0 Å². The summed E-state index contributed by atoms with van der Waals surface area (Å²) in [6, 6.07) is 3.71. The number of anilines is 2. The van der Waals surface area contributed by atoms with Gasteiger partial charge in [0.1, 0.15) is 6.61 Å². The Morgan fingerprint density at radius 2 is 2.13 bits per heavy atom. The number of hydrogen-bond acceptors (Lipinski definition) is 3. The standard InChI is InChI=1S/C11H16N2O2/c1-7-4-5-9(12)11(8(7)2)13-10(14)6-15-3/h4-5H,6,12H2,1-3H3,(H,13,14). The predicted molar refractivity (Wildman–Crippen MR) is 60.8 cm³/mol. The van der Waals surface area contributed by atoms with E-state index in [4.69, 9.17) is 10.5 Å². The molecular weight excluding hydrogens is 192 g/mol. The molecular formula is C11H16N2O2. The summed E-state index contributed by atoms with van der Waals surface area (Å²) < 4.78 is 4.73. The third-order valence-electron chi connectivity index (χ3n) is 2.31. The monoisotopic (exact) mass is 208 g/mol. The first-order chi connectivity index (χ1) is 7.06. The zero-order chi connectivity index (χ0) is 11.4. The van der Waals surface area contributed by atoms with Crippen molar-refractivity contribution in [2.45, 2.75) is 13.8 Å². The largest absolute Gasteiger partial charge is 0.397 e. The maximum absolute atomic E-state index is 11.3. The number of nitrogens with one attached hydrogen (secondary N) is 1. The van der Waals surface area contributed by atoms with Crippen molar-refractivity contribution in [2.75, 3.05) is 24.8 Å². The Hall–Kier alpha value is -1.55. The number of methoxy groups -OCH3 is 1. The van der Waals surface area contributed by atoms with Gasteiger partial charge in [-0.15, -0.1) is 0 Å². The molecule has 0 aliphatic carbocycles. The third kappa shape index (κ3) is 2.70. The maximum atomic E-state index is 11.3. The first-order valence-corrected chi connectivity index (χ1v) is 4.70. The van der Waals surface area contributed by atoms with Gasteiger partial charge in [-0.05, 0) is 31.0 Å². The average Bonchev–Trinajstić information content (AvgIpc) is 2.19. The summed E-state index contributed by atoms with van der Waals surface area (Å²) in [5.41, 5.74) is 9.11. The summed E-state index contributed by atoms with van der Waals surface area (Å²) in [4.78, 5) is 11.3. The second-order valence-electron chi connectivity index (χ2n) is 3.45. The van der Waals surface area contributed by atoms with Crippen LogP contribution in [0.1, 0.15) is 11.1 Å². The zero-order valence-electron chi connectivity index (χ0n) is 9.26. The molecule has 0 aliphatic heterocycles. The molecule has 15 heavy (non-hydrogen) atoms. The fourth-order valence-corrected chi connectivity index (χ4v) is 1.31. The number of nitrogen functional groups attached to an aromatic ring is 1. The van der Waals surface area contributed by atoms with Crippen LogP contribution in [0.15, 0.2) is 12.1 Å². The lowest BCUT2D eigenvalue weighted by atomic mass is 10.1. The lowest BCUT2D eigenvalue weighted by molar-refractivity contribution is -0.119. The molecule has 1 rings (SSSR count). The highest BCUT2D eigenvalue weighted by Gasteiger charge is 2.08. The van der Waals surface area contributed by atoms with E-state index in [9.17, 15) is 4.79 Å². The summed E-state index contributed by atoms with van der Waals surface area (Å²) >= 11 is 0. The number of amides is 1. The minimum absolute atomic E-state index is 0.0345. The fourth-order valence-electron chi connectivity index (χ4n) is 1.31. The van der Waals surface area contributed by atoms with Gasteiger partial charge in [0.15, 0.2) is 0 Å². The Kier molecular flexibility index (Phi) is 3.68. The number of ether oxygens (including phenoxy) is 1. The van der Waals surface area contributed by atoms with Gasteiger partial charge in [-0.25, -0.2) is 0 Å². The van der Waals surface area contributed by atoms with E-state index in [2.05, 4.69) is 5.32 Å². The van der Waals surface area contributed by atoms with Crippen molar-refractivity contribution in [2.24, 2.45) is 0 Å². The number of benzene rings is 1. The van der Waals surface area contributed by atoms with Crippen LogP contribution in [0.2, 0.25) is 0 Å². The Balaban J connectivity index is 2.93. The third-order valence-corrected chi connectivity index (χ3v) is 2.31. The van der Waals surface area contributed by atoms with Crippen molar-refractivity contribution in [1.82, 2.24) is 0 Å². The normalized spacial score (nSPS) is 10.1. The highest BCUT2D eigenvalue weighted by molar-refractivity contribution is 5.95. The van der Waals surface area contributed by atoms with Crippen molar-refractivity contribution in [1.29, 1.82) is 0 Å². The molecule has 0 unspecified atom stereocenters. The van der Waals surface area contributed by atoms with Crippen LogP contribution >= 0.6 is 0 Å². The van der Waals surface area contributed by atoms with Crippen LogP contribution < -0.4 is 11.1 Å². The SMILES string of the molecule is COCC(=O)Nc1c(N)ccc(C)c1C. The van der Waals surface area contributed by atoms with Gasteiger partial charge < -0.3 is 15.8 Å². The topological polar surface area (TPSA) is 64.3 Å². The van der Waals surface area contributed by atoms with E-state index in [0.717, 1.165) is 11.1 Å². The van der Waals surface area contributed by atoms with E-state index in [1.165, 1.54) is 7.11 Å². The molecule has 0 atom stereocenters. The van der Waals surface area contributed by atoms with Gasteiger partial charge in [-0.1, -0.05) is 6.07 Å². The van der Waals surface area contributed by atoms with Crippen molar-refractivity contribution in [3.63, 3.8) is 0 Å². The molecule has 0 fully saturated rings. The fraction of sp³-hybridized carbons (Fsp3) is 0.364. The Morgan fingerprint density at radius 3 is 2.73 bits per heavy atom. The average molecular weight is 208 g/mol. The first-order valence-electron chi connectivity index (χ1n) is 4.70. The smallest absolute Gasteiger partial charge is 0.250 e. The lowest BCUT2D eigenvalue weighted by Crippen LogP contribution is -2.19. The Morgan fingerprint density at radius 1 is 1.47 bits per heavy atom. The molecule has 0 aromatic heterocycles. The van der Waals surface area contributed by atoms with Crippen LogP contribution in [0, 0.1) is 13.8 Å². The Labute approximate surface area is 89.4 Å². The quantitative estimate of drug-likeness (QED) is 0.739. The van der Waals surface area contributed by atoms with Gasteiger partial charge in [0.05, 0.1) is 11.4 Å². The van der Waals surface area contributed by atoms with Gasteiger partial charge in [0, 0.05) is 7.11 Å². The molecule has 82 valence electrons. The van der Waals surface area contributed by atoms with Crippen LogP contribution in [-0.2, 0) is 9.53 Å². The van der Waals surface area contributed by atoms with E-state index in [-0.39, 0.29) is 12.5 Å². The van der Waals surface area contributed by atoms with Crippen molar-refractivity contribution >= 4 is 17.3 Å². The summed E-state index contributed by atoms with van der Waals surface area (Å²) in [5.74, 6) is -0.196. The molecule has 4 nitrogen and oxygen atoms in total. The molecule has 3 N–H and O–H groups in total. The molecule has 0 saturated carbocycles. The molecule has 1 amide bonds. The maximum Gasteiger partial charge on any atom is 0.250 e. The molecule has 0 saturated heterocycles. The molecule has 0 spiro atoms. The van der Waals surface area contributed by atoms with Crippen LogP contribution in [0.4, 0.5) is 11.4 Å². The number of carbonyl (C=O) groups is 1. The number of hydrogen-bond donors (Lipinski definition) is 2. The van der Waals surface area contributed by atoms with Gasteiger partial charge in [0.2, 0.25) is 5.91 Å². The van der Waals surface area contributed by atoms with E-state index in [1.54, 1.807) is 6.07 Å². The minimum atomic E-state index is -0.196. The molecule has 1 aromatic rings. The summed E-state index contributed by atoms with van der Waals surface area (Å²) in [6.45, 7) is 3.93. The molecule has 4 heteroatoms. The van der Waals surface area contributed by atoms with Gasteiger partial charge in [-0.2, -0.15) is 0 Å². The zero-order valence-corrected chi connectivity index (χ0v) is 9.26. The van der Waals surface area contributed by atoms with E-state index in [0.29, 0.717) is 11.4 Å². The molecule has 0 bridgehead atoms. The minimum Gasteiger partial charge on any atom is -0.397 e. The number of nitrogens with two attached hydrogens (primary N) is 1. The van der Waals surface area contributed by atoms with Crippen molar-refractivity contribution in [3.8, 4) is 0 Å².